The summed E-state index contributed by atoms with van der Waals surface area (Å²) in [4.78, 5) is 76.3. The molecule has 5 N–H and O–H groups in total. The molecule has 2 aliphatic heterocycles. The molecule has 192 valence electrons. The van der Waals surface area contributed by atoms with Crippen molar-refractivity contribution >= 4 is 35.4 Å². The zero-order chi connectivity index (χ0) is 25.8. The number of nitrogens with two attached hydrogens (primary N) is 1. The summed E-state index contributed by atoms with van der Waals surface area (Å²) in [6.45, 7) is 0.239. The molecule has 0 saturated carbocycles. The van der Waals surface area contributed by atoms with Crippen molar-refractivity contribution in [1.29, 1.82) is 0 Å². The Morgan fingerprint density at radius 1 is 1.00 bits per heavy atom. The van der Waals surface area contributed by atoms with Gasteiger partial charge in [-0.2, -0.15) is 0 Å². The average molecular weight is 498 g/mol. The van der Waals surface area contributed by atoms with Crippen LogP contribution in [-0.2, 0) is 35.2 Å². The zero-order valence-corrected chi connectivity index (χ0v) is 20.0. The molecule has 1 aromatic carbocycles. The number of hydrogen-bond acceptors (Lipinski definition) is 6. The van der Waals surface area contributed by atoms with E-state index >= 15 is 0 Å². The van der Waals surface area contributed by atoms with E-state index in [1.54, 1.807) is 0 Å². The quantitative estimate of drug-likeness (QED) is 0.366. The Balaban J connectivity index is 1.42. The molecule has 4 rings (SSSR count). The first kappa shape index (κ1) is 25.3. The average Bonchev–Trinajstić information content (AvgIpc) is 3.52. The maximum atomic E-state index is 13.3. The van der Waals surface area contributed by atoms with E-state index in [2.05, 4.69) is 16.0 Å². The van der Waals surface area contributed by atoms with Crippen molar-refractivity contribution in [3.05, 3.63) is 35.4 Å². The van der Waals surface area contributed by atoms with Gasteiger partial charge in [0.25, 0.3) is 0 Å². The predicted octanol–water partition coefficient (Wildman–Crippen LogP) is -0.621. The van der Waals surface area contributed by atoms with Gasteiger partial charge >= 0.3 is 0 Å². The summed E-state index contributed by atoms with van der Waals surface area (Å²) >= 11 is 0. The van der Waals surface area contributed by atoms with Crippen LogP contribution in [0.25, 0.3) is 0 Å². The van der Waals surface area contributed by atoms with Gasteiger partial charge in [0.05, 0.1) is 12.3 Å². The van der Waals surface area contributed by atoms with Gasteiger partial charge in [-0.25, -0.2) is 0 Å². The Morgan fingerprint density at radius 2 is 1.78 bits per heavy atom. The minimum absolute atomic E-state index is 0.195. The Hall–Kier alpha value is -3.76. The fourth-order valence-electron chi connectivity index (χ4n) is 5.31. The maximum Gasteiger partial charge on any atom is 0.249 e. The third kappa shape index (κ3) is 5.55. The van der Waals surface area contributed by atoms with Gasteiger partial charge in [-0.05, 0) is 49.7 Å². The number of carbonyl (C=O) groups excluding carboxylic acids is 6. The smallest absolute Gasteiger partial charge is 0.249 e. The lowest BCUT2D eigenvalue weighted by Crippen LogP contribution is -2.57. The topological polar surface area (TPSA) is 168 Å². The van der Waals surface area contributed by atoms with E-state index in [-0.39, 0.29) is 25.3 Å². The number of benzene rings is 1. The van der Waals surface area contributed by atoms with Crippen molar-refractivity contribution in [2.75, 3.05) is 6.54 Å². The fraction of sp³-hybridized carbons (Fsp3) is 0.520. The Kier molecular flexibility index (Phi) is 7.66. The summed E-state index contributed by atoms with van der Waals surface area (Å²) in [5.41, 5.74) is 7.32. The molecule has 3 aliphatic rings. The van der Waals surface area contributed by atoms with Gasteiger partial charge < -0.3 is 21.3 Å². The summed E-state index contributed by atoms with van der Waals surface area (Å²) in [7, 11) is 0. The van der Waals surface area contributed by atoms with E-state index < -0.39 is 60.0 Å². The number of imide groups is 1. The monoisotopic (exact) mass is 497 g/mol. The summed E-state index contributed by atoms with van der Waals surface area (Å²) < 4.78 is 0. The Morgan fingerprint density at radius 3 is 2.50 bits per heavy atom. The second kappa shape index (κ2) is 10.9. The van der Waals surface area contributed by atoms with Crippen molar-refractivity contribution in [3.63, 3.8) is 0 Å². The second-order valence-electron chi connectivity index (χ2n) is 9.58. The van der Waals surface area contributed by atoms with Crippen LogP contribution in [0, 0.1) is 0 Å². The van der Waals surface area contributed by atoms with Crippen LogP contribution in [0.1, 0.15) is 62.0 Å². The van der Waals surface area contributed by atoms with Gasteiger partial charge in [0.2, 0.25) is 35.4 Å². The number of fused-ring (bicyclic) bond motifs is 1. The molecule has 36 heavy (non-hydrogen) atoms. The number of nitrogens with zero attached hydrogens (tertiary/aromatic N) is 1. The normalized spacial score (nSPS) is 23.8. The maximum absolute atomic E-state index is 13.3. The molecule has 0 bridgehead atoms. The molecule has 1 aromatic rings. The summed E-state index contributed by atoms with van der Waals surface area (Å²) in [6, 6.07) is 4.70. The molecule has 0 spiro atoms. The van der Waals surface area contributed by atoms with Crippen LogP contribution >= 0.6 is 0 Å². The van der Waals surface area contributed by atoms with Gasteiger partial charge in [-0.1, -0.05) is 24.3 Å². The highest BCUT2D eigenvalue weighted by Gasteiger charge is 2.40. The van der Waals surface area contributed by atoms with Crippen molar-refractivity contribution in [3.8, 4) is 0 Å². The van der Waals surface area contributed by atoms with Crippen LogP contribution in [-0.4, -0.2) is 65.0 Å². The van der Waals surface area contributed by atoms with E-state index in [0.717, 1.165) is 24.0 Å². The Labute approximate surface area is 208 Å². The first-order valence-electron chi connectivity index (χ1n) is 12.4. The molecular weight excluding hydrogens is 466 g/mol. The third-order valence-corrected chi connectivity index (χ3v) is 7.10. The summed E-state index contributed by atoms with van der Waals surface area (Å²) in [5, 5.41) is 7.51. The number of likely N-dealkylation sites (tertiary alicyclic amines) is 1. The molecule has 0 aromatic heterocycles. The second-order valence-corrected chi connectivity index (χ2v) is 9.58. The molecular formula is C25H31N5O6. The largest absolute Gasteiger partial charge is 0.370 e. The number of rotatable bonds is 7. The Bertz CT molecular complexity index is 1090. The molecule has 0 radical (unpaired) electrons. The van der Waals surface area contributed by atoms with E-state index in [9.17, 15) is 28.8 Å². The van der Waals surface area contributed by atoms with Crippen LogP contribution < -0.4 is 21.7 Å². The van der Waals surface area contributed by atoms with Crippen LogP contribution in [0.4, 0.5) is 0 Å². The van der Waals surface area contributed by atoms with Gasteiger partial charge in [0.1, 0.15) is 18.1 Å². The fourth-order valence-corrected chi connectivity index (χ4v) is 5.31. The molecule has 11 nitrogen and oxygen atoms in total. The lowest BCUT2D eigenvalue weighted by Gasteiger charge is -2.29. The van der Waals surface area contributed by atoms with Crippen molar-refractivity contribution in [2.24, 2.45) is 5.73 Å². The molecule has 4 atom stereocenters. The molecule has 2 saturated heterocycles. The molecule has 6 amide bonds. The minimum Gasteiger partial charge on any atom is -0.370 e. The summed E-state index contributed by atoms with van der Waals surface area (Å²) in [6.07, 6.45) is 3.26. The highest BCUT2D eigenvalue weighted by molar-refractivity contribution is 6.03. The molecule has 1 unspecified atom stereocenters. The van der Waals surface area contributed by atoms with Crippen LogP contribution in [0.2, 0.25) is 0 Å². The predicted molar refractivity (Wildman–Crippen MR) is 127 cm³/mol. The zero-order valence-electron chi connectivity index (χ0n) is 20.0. The summed E-state index contributed by atoms with van der Waals surface area (Å²) in [5.74, 6) is -3.70. The van der Waals surface area contributed by atoms with E-state index in [0.29, 0.717) is 19.3 Å². The van der Waals surface area contributed by atoms with Crippen LogP contribution in [0.15, 0.2) is 24.3 Å². The first-order chi connectivity index (χ1) is 17.2. The third-order valence-electron chi connectivity index (χ3n) is 7.10. The SMILES string of the molecule is NC(=O)C[C@H](NC(=O)[C@@H]1CCC(=O)N1)C(=O)N1CCC[C@H]1C(=O)NC(=O)C1CCCc2ccccc21. The number of carbonyl (C=O) groups is 6. The van der Waals surface area contributed by atoms with Crippen molar-refractivity contribution in [2.45, 2.75) is 75.4 Å². The highest BCUT2D eigenvalue weighted by atomic mass is 16.2. The number of aryl methyl sites for hydroxylation is 1. The number of hydrogen-bond donors (Lipinski definition) is 4. The van der Waals surface area contributed by atoms with Gasteiger partial charge in [0, 0.05) is 13.0 Å². The molecule has 11 heteroatoms. The first-order valence-corrected chi connectivity index (χ1v) is 12.4. The van der Waals surface area contributed by atoms with E-state index in [4.69, 9.17) is 5.73 Å². The number of primary amides is 1. The van der Waals surface area contributed by atoms with E-state index in [1.165, 1.54) is 4.90 Å². The van der Waals surface area contributed by atoms with Gasteiger partial charge in [0.15, 0.2) is 0 Å². The minimum atomic E-state index is -1.28. The van der Waals surface area contributed by atoms with Gasteiger partial charge in [-0.3, -0.25) is 34.1 Å². The van der Waals surface area contributed by atoms with E-state index in [1.807, 2.05) is 24.3 Å². The molecule has 2 heterocycles. The molecule has 1 aliphatic carbocycles. The van der Waals surface area contributed by atoms with Crippen molar-refractivity contribution in [1.82, 2.24) is 20.9 Å². The van der Waals surface area contributed by atoms with Crippen molar-refractivity contribution < 1.29 is 28.8 Å². The van der Waals surface area contributed by atoms with Gasteiger partial charge in [-0.15, -0.1) is 0 Å². The standard InChI is InChI=1S/C25H31N5O6/c26-20(31)13-18(28-23(34)17-10-11-21(32)27-17)25(36)30-12-4-9-19(30)24(35)29-22(33)16-8-3-6-14-5-1-2-7-15(14)16/h1-2,5,7,16-19H,3-4,6,8-13H2,(H2,26,31)(H,27,32)(H,28,34)(H,29,33,35)/t16?,17-,18-,19-/m0/s1. The highest BCUT2D eigenvalue weighted by Crippen LogP contribution is 2.31. The number of amides is 6. The number of nitrogens with one attached hydrogen (secondary N) is 3. The van der Waals surface area contributed by atoms with Crippen LogP contribution in [0.3, 0.4) is 0 Å². The lowest BCUT2D eigenvalue weighted by molar-refractivity contribution is -0.144. The van der Waals surface area contributed by atoms with Crippen LogP contribution in [0.5, 0.6) is 0 Å². The lowest BCUT2D eigenvalue weighted by atomic mass is 9.82. The molecule has 2 fully saturated rings.